The summed E-state index contributed by atoms with van der Waals surface area (Å²) in [6.45, 7) is 0.335. The maximum absolute atomic E-state index is 10.4. The molecule has 0 spiro atoms. The molecule has 4 aromatic rings. The second-order valence-electron chi connectivity index (χ2n) is 9.07. The Morgan fingerprint density at radius 1 is 0.889 bits per heavy atom. The summed E-state index contributed by atoms with van der Waals surface area (Å²) in [6.07, 6.45) is 1.83. The SMILES string of the molecule is OC[C@H]1O[C@@H](n2cnc3c(NCCCCC(c4ccccc4)c4ccccc4)ncnc32)[C@H](O)[C@@H]1O. The van der Waals surface area contributed by atoms with Gasteiger partial charge in [0.1, 0.15) is 24.6 Å². The zero-order valence-corrected chi connectivity index (χ0v) is 19.9. The number of anilines is 1. The minimum atomic E-state index is -1.20. The number of benzene rings is 2. The number of rotatable bonds is 10. The maximum Gasteiger partial charge on any atom is 0.167 e. The summed E-state index contributed by atoms with van der Waals surface area (Å²) in [7, 11) is 0. The summed E-state index contributed by atoms with van der Waals surface area (Å²) in [4.78, 5) is 13.1. The highest BCUT2D eigenvalue weighted by Gasteiger charge is 2.44. The van der Waals surface area contributed by atoms with Gasteiger partial charge in [0.05, 0.1) is 12.9 Å². The number of ether oxygens (including phenoxy) is 1. The number of aliphatic hydroxyl groups is 3. The lowest BCUT2D eigenvalue weighted by Crippen LogP contribution is -2.33. The molecule has 5 rings (SSSR count). The van der Waals surface area contributed by atoms with Crippen molar-refractivity contribution in [1.29, 1.82) is 0 Å². The maximum atomic E-state index is 10.4. The fourth-order valence-corrected chi connectivity index (χ4v) is 4.85. The Bertz CT molecular complexity index is 1210. The van der Waals surface area contributed by atoms with Crippen molar-refractivity contribution in [3.05, 3.63) is 84.4 Å². The largest absolute Gasteiger partial charge is 0.394 e. The van der Waals surface area contributed by atoms with Gasteiger partial charge in [-0.3, -0.25) is 4.57 Å². The molecule has 0 saturated carbocycles. The van der Waals surface area contributed by atoms with Crippen LogP contribution in [0.4, 0.5) is 5.82 Å². The van der Waals surface area contributed by atoms with Gasteiger partial charge in [-0.1, -0.05) is 67.1 Å². The van der Waals surface area contributed by atoms with E-state index in [1.807, 2.05) is 12.1 Å². The van der Waals surface area contributed by atoms with E-state index in [1.165, 1.54) is 23.8 Å². The molecule has 0 amide bonds. The van der Waals surface area contributed by atoms with Gasteiger partial charge in [-0.15, -0.1) is 0 Å². The molecule has 2 aromatic carbocycles. The predicted molar refractivity (Wildman–Crippen MR) is 135 cm³/mol. The third kappa shape index (κ3) is 4.96. The lowest BCUT2D eigenvalue weighted by atomic mass is 9.87. The zero-order chi connectivity index (χ0) is 24.9. The quantitative estimate of drug-likeness (QED) is 0.251. The van der Waals surface area contributed by atoms with E-state index < -0.39 is 31.1 Å². The Hall–Kier alpha value is -3.37. The molecule has 36 heavy (non-hydrogen) atoms. The lowest BCUT2D eigenvalue weighted by Gasteiger charge is -2.18. The average molecular weight is 490 g/mol. The zero-order valence-electron chi connectivity index (χ0n) is 19.9. The van der Waals surface area contributed by atoms with Gasteiger partial charge in [0, 0.05) is 12.5 Å². The summed E-state index contributed by atoms with van der Waals surface area (Å²) in [5.74, 6) is 0.956. The van der Waals surface area contributed by atoms with Gasteiger partial charge in [0.15, 0.2) is 23.2 Å². The Labute approximate surface area is 209 Å². The van der Waals surface area contributed by atoms with E-state index >= 15 is 0 Å². The van der Waals surface area contributed by atoms with Crippen LogP contribution in [0, 0.1) is 0 Å². The number of nitrogens with one attached hydrogen (secondary N) is 1. The van der Waals surface area contributed by atoms with E-state index in [-0.39, 0.29) is 0 Å². The van der Waals surface area contributed by atoms with Crippen molar-refractivity contribution in [2.75, 3.05) is 18.5 Å². The molecule has 188 valence electrons. The number of unbranched alkanes of at least 4 members (excludes halogenated alkanes) is 1. The third-order valence-corrected chi connectivity index (χ3v) is 6.77. The van der Waals surface area contributed by atoms with Gasteiger partial charge in [-0.05, 0) is 24.0 Å². The van der Waals surface area contributed by atoms with Gasteiger partial charge in [-0.2, -0.15) is 0 Å². The van der Waals surface area contributed by atoms with Crippen LogP contribution in [0.5, 0.6) is 0 Å². The smallest absolute Gasteiger partial charge is 0.167 e. The molecule has 4 N–H and O–H groups in total. The highest BCUT2D eigenvalue weighted by atomic mass is 16.6. The van der Waals surface area contributed by atoms with Gasteiger partial charge in [0.2, 0.25) is 0 Å². The number of nitrogens with zero attached hydrogens (tertiary/aromatic N) is 4. The normalized spacial score (nSPS) is 21.9. The fourth-order valence-electron chi connectivity index (χ4n) is 4.85. The van der Waals surface area contributed by atoms with Gasteiger partial charge >= 0.3 is 0 Å². The number of hydrogen-bond acceptors (Lipinski definition) is 8. The van der Waals surface area contributed by atoms with E-state index in [4.69, 9.17) is 4.74 Å². The third-order valence-electron chi connectivity index (χ3n) is 6.77. The van der Waals surface area contributed by atoms with Crippen molar-refractivity contribution >= 4 is 17.0 Å². The van der Waals surface area contributed by atoms with E-state index in [9.17, 15) is 15.3 Å². The topological polar surface area (TPSA) is 126 Å². The molecule has 9 heteroatoms. The van der Waals surface area contributed by atoms with Gasteiger partial charge in [-0.25, -0.2) is 15.0 Å². The van der Waals surface area contributed by atoms with Crippen LogP contribution >= 0.6 is 0 Å². The van der Waals surface area contributed by atoms with Crippen molar-refractivity contribution < 1.29 is 20.1 Å². The Morgan fingerprint density at radius 3 is 2.22 bits per heavy atom. The molecule has 1 saturated heterocycles. The van der Waals surface area contributed by atoms with Crippen LogP contribution in [0.25, 0.3) is 11.2 Å². The predicted octanol–water partition coefficient (Wildman–Crippen LogP) is 2.85. The van der Waals surface area contributed by atoms with E-state index in [2.05, 4.69) is 68.8 Å². The lowest BCUT2D eigenvalue weighted by molar-refractivity contribution is -0.0511. The first-order valence-corrected chi connectivity index (χ1v) is 12.3. The van der Waals surface area contributed by atoms with Gasteiger partial charge in [0.25, 0.3) is 0 Å². The van der Waals surface area contributed by atoms with Crippen molar-refractivity contribution in [3.8, 4) is 0 Å². The molecule has 0 aliphatic carbocycles. The highest BCUT2D eigenvalue weighted by molar-refractivity contribution is 5.82. The molecular weight excluding hydrogens is 458 g/mol. The fraction of sp³-hybridized carbons (Fsp3) is 0.370. The van der Waals surface area contributed by atoms with Crippen molar-refractivity contribution in [1.82, 2.24) is 19.5 Å². The number of hydrogen-bond donors (Lipinski definition) is 4. The van der Waals surface area contributed by atoms with Crippen LogP contribution in [0.15, 0.2) is 73.3 Å². The van der Waals surface area contributed by atoms with Crippen molar-refractivity contribution in [2.24, 2.45) is 0 Å². The summed E-state index contributed by atoms with van der Waals surface area (Å²) in [5.41, 5.74) is 3.69. The van der Waals surface area contributed by atoms with E-state index in [0.29, 0.717) is 22.9 Å². The molecule has 0 unspecified atom stereocenters. The Kier molecular flexibility index (Phi) is 7.52. The first-order valence-electron chi connectivity index (χ1n) is 12.3. The first-order chi connectivity index (χ1) is 17.7. The molecule has 2 aromatic heterocycles. The molecule has 3 heterocycles. The highest BCUT2D eigenvalue weighted by Crippen LogP contribution is 2.32. The van der Waals surface area contributed by atoms with Crippen LogP contribution in [-0.2, 0) is 4.74 Å². The summed E-state index contributed by atoms with van der Waals surface area (Å²) >= 11 is 0. The van der Waals surface area contributed by atoms with Crippen molar-refractivity contribution in [2.45, 2.75) is 49.7 Å². The monoisotopic (exact) mass is 489 g/mol. The van der Waals surface area contributed by atoms with Crippen LogP contribution in [-0.4, -0.2) is 66.3 Å². The number of imidazole rings is 1. The molecule has 1 fully saturated rings. The molecule has 1 aliphatic heterocycles. The van der Waals surface area contributed by atoms with Crippen LogP contribution in [0.3, 0.4) is 0 Å². The molecule has 4 atom stereocenters. The van der Waals surface area contributed by atoms with E-state index in [0.717, 1.165) is 25.8 Å². The molecule has 0 radical (unpaired) electrons. The average Bonchev–Trinajstić information content (AvgIpc) is 3.48. The van der Waals surface area contributed by atoms with E-state index in [1.54, 1.807) is 4.57 Å². The summed E-state index contributed by atoms with van der Waals surface area (Å²) in [6, 6.07) is 21.2. The Balaban J connectivity index is 1.22. The first kappa shape index (κ1) is 24.3. The minimum Gasteiger partial charge on any atom is -0.394 e. The molecule has 0 bridgehead atoms. The molecule has 9 nitrogen and oxygen atoms in total. The molecular formula is C27H31N5O4. The molecule has 1 aliphatic rings. The minimum absolute atomic E-state index is 0.352. The second kappa shape index (κ2) is 11.1. The van der Waals surface area contributed by atoms with Crippen LogP contribution in [0.2, 0.25) is 0 Å². The second-order valence-corrected chi connectivity index (χ2v) is 9.07. The van der Waals surface area contributed by atoms with Gasteiger partial charge < -0.3 is 25.4 Å². The standard InChI is InChI=1S/C27H31N5O4/c33-15-21-23(34)24(35)27(36-21)32-17-31-22-25(29-16-30-26(22)32)28-14-8-7-13-20(18-9-3-1-4-10-18)19-11-5-2-6-12-19/h1-6,9-12,16-17,20-21,23-24,27,33-35H,7-8,13-15H2,(H,28,29,30)/t21-,23-,24-,27-/m1/s1. The van der Waals surface area contributed by atoms with Crippen molar-refractivity contribution in [3.63, 3.8) is 0 Å². The number of aliphatic hydroxyl groups excluding tert-OH is 3. The van der Waals surface area contributed by atoms with Crippen LogP contribution < -0.4 is 5.32 Å². The number of aromatic nitrogens is 4. The Morgan fingerprint density at radius 2 is 1.58 bits per heavy atom. The number of fused-ring (bicyclic) bond motifs is 1. The summed E-state index contributed by atoms with van der Waals surface area (Å²) in [5, 5.41) is 33.2. The summed E-state index contributed by atoms with van der Waals surface area (Å²) < 4.78 is 7.19. The van der Waals surface area contributed by atoms with Crippen LogP contribution in [0.1, 0.15) is 42.5 Å².